The van der Waals surface area contributed by atoms with Crippen molar-refractivity contribution < 1.29 is 0 Å². The van der Waals surface area contributed by atoms with Crippen molar-refractivity contribution in [1.82, 2.24) is 0 Å². The molecule has 0 spiro atoms. The molecule has 2 atom stereocenters. The molecular weight excluding hydrogens is 232 g/mol. The van der Waals surface area contributed by atoms with E-state index in [4.69, 9.17) is 0 Å². The van der Waals surface area contributed by atoms with Crippen LogP contribution in [0.1, 0.15) is 52.4 Å². The zero-order chi connectivity index (χ0) is 9.40. The first kappa shape index (κ1) is 12.8. The summed E-state index contributed by atoms with van der Waals surface area (Å²) in [5.41, 5.74) is 0. The smallest absolute Gasteiger partial charge is 0.0146 e. The first-order valence-electron chi connectivity index (χ1n) is 5.02. The van der Waals surface area contributed by atoms with Crippen LogP contribution in [-0.2, 0) is 0 Å². The zero-order valence-electron chi connectivity index (χ0n) is 8.22. The second-order valence-corrected chi connectivity index (χ2v) is 5.40. The first-order chi connectivity index (χ1) is 5.70. The maximum absolute atomic E-state index is 4.47. The van der Waals surface area contributed by atoms with E-state index in [-0.39, 0.29) is 0 Å². The van der Waals surface area contributed by atoms with Crippen molar-refractivity contribution in [2.24, 2.45) is 0 Å². The van der Waals surface area contributed by atoms with E-state index in [0.717, 1.165) is 4.83 Å². The van der Waals surface area contributed by atoms with Crippen molar-refractivity contribution in [2.75, 3.05) is 0 Å². The van der Waals surface area contributed by atoms with Crippen LogP contribution in [0, 0.1) is 0 Å². The average molecular weight is 253 g/mol. The standard InChI is InChI=1S/C10H21BrS/c1-3-5-6-9(11)7-8-10(12)4-2/h9-10,12H,3-8H2,1-2H3/t9-,10?/m1/s1. The Morgan fingerprint density at radius 2 is 1.83 bits per heavy atom. The molecule has 2 heteroatoms. The van der Waals surface area contributed by atoms with Crippen LogP contribution in [0.2, 0.25) is 0 Å². The van der Waals surface area contributed by atoms with E-state index in [0.29, 0.717) is 5.25 Å². The third-order valence-corrected chi connectivity index (χ3v) is 3.69. The molecule has 0 aromatic heterocycles. The van der Waals surface area contributed by atoms with Gasteiger partial charge < -0.3 is 0 Å². The Hall–Kier alpha value is 0.830. The van der Waals surface area contributed by atoms with Gasteiger partial charge in [-0.1, -0.05) is 42.6 Å². The van der Waals surface area contributed by atoms with Gasteiger partial charge in [0.15, 0.2) is 0 Å². The molecule has 0 nitrogen and oxygen atoms in total. The molecule has 1 unspecified atom stereocenters. The molecular formula is C10H21BrS. The van der Waals surface area contributed by atoms with Crippen molar-refractivity contribution in [3.63, 3.8) is 0 Å². The molecule has 0 N–H and O–H groups in total. The summed E-state index contributed by atoms with van der Waals surface area (Å²) in [5, 5.41) is 0.603. The number of thiol groups is 1. The van der Waals surface area contributed by atoms with Crippen molar-refractivity contribution in [3.05, 3.63) is 0 Å². The predicted octanol–water partition coefficient (Wildman–Crippen LogP) is 4.43. The first-order valence-corrected chi connectivity index (χ1v) is 6.46. The minimum absolute atomic E-state index is 0.603. The van der Waals surface area contributed by atoms with E-state index in [1.165, 1.54) is 38.5 Å². The van der Waals surface area contributed by atoms with Crippen molar-refractivity contribution in [1.29, 1.82) is 0 Å². The van der Waals surface area contributed by atoms with Gasteiger partial charge in [0.25, 0.3) is 0 Å². The van der Waals surface area contributed by atoms with Gasteiger partial charge in [0.1, 0.15) is 0 Å². The summed E-state index contributed by atoms with van der Waals surface area (Å²) in [4.78, 5) is 0.721. The van der Waals surface area contributed by atoms with Gasteiger partial charge in [-0.2, -0.15) is 12.6 Å². The van der Waals surface area contributed by atoms with Gasteiger partial charge in [0.2, 0.25) is 0 Å². The molecule has 0 heterocycles. The van der Waals surface area contributed by atoms with Crippen molar-refractivity contribution in [2.45, 2.75) is 62.4 Å². The molecule has 0 aliphatic heterocycles. The summed E-state index contributed by atoms with van der Waals surface area (Å²) >= 11 is 8.18. The summed E-state index contributed by atoms with van der Waals surface area (Å²) in [6, 6.07) is 0. The fourth-order valence-corrected chi connectivity index (χ4v) is 1.88. The molecule has 0 aromatic rings. The molecule has 74 valence electrons. The highest BCUT2D eigenvalue weighted by Gasteiger charge is 2.06. The molecule has 0 radical (unpaired) electrons. The number of alkyl halides is 1. The van der Waals surface area contributed by atoms with E-state index in [2.05, 4.69) is 42.4 Å². The summed E-state index contributed by atoms with van der Waals surface area (Å²) < 4.78 is 0. The fraction of sp³-hybridized carbons (Fsp3) is 1.00. The van der Waals surface area contributed by atoms with Gasteiger partial charge in [-0.3, -0.25) is 0 Å². The number of hydrogen-bond acceptors (Lipinski definition) is 1. The lowest BCUT2D eigenvalue weighted by atomic mass is 10.1. The van der Waals surface area contributed by atoms with Crippen LogP contribution in [0.25, 0.3) is 0 Å². The van der Waals surface area contributed by atoms with Gasteiger partial charge in [-0.15, -0.1) is 0 Å². The van der Waals surface area contributed by atoms with Gasteiger partial charge in [-0.05, 0) is 25.7 Å². The van der Waals surface area contributed by atoms with Crippen LogP contribution in [0.5, 0.6) is 0 Å². The highest BCUT2D eigenvalue weighted by molar-refractivity contribution is 9.09. The largest absolute Gasteiger partial charge is 0.176 e. The van der Waals surface area contributed by atoms with Crippen LogP contribution in [0.15, 0.2) is 0 Å². The van der Waals surface area contributed by atoms with E-state index in [9.17, 15) is 0 Å². The second-order valence-electron chi connectivity index (χ2n) is 3.38. The van der Waals surface area contributed by atoms with E-state index in [1.54, 1.807) is 0 Å². The molecule has 0 saturated carbocycles. The Bertz CT molecular complexity index is 95.8. The normalized spacial score (nSPS) is 16.0. The van der Waals surface area contributed by atoms with Crippen molar-refractivity contribution in [3.8, 4) is 0 Å². The van der Waals surface area contributed by atoms with E-state index >= 15 is 0 Å². The Labute approximate surface area is 91.0 Å². The van der Waals surface area contributed by atoms with Crippen LogP contribution in [-0.4, -0.2) is 10.1 Å². The molecule has 0 saturated heterocycles. The minimum atomic E-state index is 0.603. The quantitative estimate of drug-likeness (QED) is 0.503. The molecule has 0 aliphatic rings. The molecule has 0 amide bonds. The molecule has 0 fully saturated rings. The van der Waals surface area contributed by atoms with Crippen LogP contribution < -0.4 is 0 Å². The van der Waals surface area contributed by atoms with Crippen molar-refractivity contribution >= 4 is 28.6 Å². The van der Waals surface area contributed by atoms with Gasteiger partial charge in [0, 0.05) is 10.1 Å². The molecule has 0 aliphatic carbocycles. The highest BCUT2D eigenvalue weighted by atomic mass is 79.9. The summed E-state index contributed by atoms with van der Waals surface area (Å²) in [6.45, 7) is 4.44. The maximum atomic E-state index is 4.47. The highest BCUT2D eigenvalue weighted by Crippen LogP contribution is 2.19. The monoisotopic (exact) mass is 252 g/mol. The summed E-state index contributed by atoms with van der Waals surface area (Å²) in [6.07, 6.45) is 7.69. The van der Waals surface area contributed by atoms with Crippen LogP contribution in [0.4, 0.5) is 0 Å². The van der Waals surface area contributed by atoms with Gasteiger partial charge in [0.05, 0.1) is 0 Å². The third kappa shape index (κ3) is 7.48. The zero-order valence-corrected chi connectivity index (χ0v) is 10.7. The topological polar surface area (TPSA) is 0 Å². The minimum Gasteiger partial charge on any atom is -0.176 e. The van der Waals surface area contributed by atoms with E-state index < -0.39 is 0 Å². The number of hydrogen-bond donors (Lipinski definition) is 1. The predicted molar refractivity (Wildman–Crippen MR) is 64.5 cm³/mol. The molecule has 12 heavy (non-hydrogen) atoms. The third-order valence-electron chi connectivity index (χ3n) is 2.16. The lowest BCUT2D eigenvalue weighted by Crippen LogP contribution is -2.03. The Balaban J connectivity index is 3.24. The Morgan fingerprint density at radius 1 is 1.17 bits per heavy atom. The van der Waals surface area contributed by atoms with Gasteiger partial charge >= 0.3 is 0 Å². The maximum Gasteiger partial charge on any atom is 0.0146 e. The molecule has 0 bridgehead atoms. The van der Waals surface area contributed by atoms with Crippen LogP contribution in [0.3, 0.4) is 0 Å². The van der Waals surface area contributed by atoms with E-state index in [1.807, 2.05) is 0 Å². The van der Waals surface area contributed by atoms with Crippen LogP contribution >= 0.6 is 28.6 Å². The summed E-state index contributed by atoms with van der Waals surface area (Å²) in [7, 11) is 0. The SMILES string of the molecule is CCCC[C@@H](Br)CCC(S)CC. The second kappa shape index (κ2) is 8.43. The lowest BCUT2D eigenvalue weighted by molar-refractivity contribution is 0.612. The number of halogens is 1. The number of rotatable bonds is 7. The molecule has 0 rings (SSSR count). The lowest BCUT2D eigenvalue weighted by Gasteiger charge is -2.11. The summed E-state index contributed by atoms with van der Waals surface area (Å²) in [5.74, 6) is 0. The van der Waals surface area contributed by atoms with Gasteiger partial charge in [-0.25, -0.2) is 0 Å². The Kier molecular flexibility index (Phi) is 9.01. The fourth-order valence-electron chi connectivity index (χ4n) is 1.15. The molecule has 0 aromatic carbocycles. The number of unbranched alkanes of at least 4 members (excludes halogenated alkanes) is 1. The average Bonchev–Trinajstić information content (AvgIpc) is 2.10. The Morgan fingerprint density at radius 3 is 2.33 bits per heavy atom.